The highest BCUT2D eigenvalue weighted by molar-refractivity contribution is 6.20. The Morgan fingerprint density at radius 1 is 0.897 bits per heavy atom. The summed E-state index contributed by atoms with van der Waals surface area (Å²) in [6, 6.07) is 21.8. The largest absolute Gasteiger partial charge is 0.293 e. The standard InChI is InChI=1S/C27H32ClN/c1-19-16-24(20-6-3-2-4-7-20)14-15-29(19)27-18-26(27)22-12-10-21(11-13-22)23-8-5-9-25(28)17-23/h2-4,6-7,10-14,19,23,25-27H,5,8-9,15-18H2,1H3. The zero-order valence-corrected chi connectivity index (χ0v) is 18.2. The molecule has 0 saturated heterocycles. The van der Waals surface area contributed by atoms with Crippen LogP contribution in [0.5, 0.6) is 0 Å². The maximum Gasteiger partial charge on any atom is 0.0341 e. The summed E-state index contributed by atoms with van der Waals surface area (Å²) in [5.74, 6) is 1.38. The van der Waals surface area contributed by atoms with Crippen LogP contribution in [0.2, 0.25) is 0 Å². The van der Waals surface area contributed by atoms with E-state index in [0.29, 0.717) is 29.3 Å². The number of hydrogen-bond donors (Lipinski definition) is 0. The van der Waals surface area contributed by atoms with E-state index in [9.17, 15) is 0 Å². The number of rotatable bonds is 4. The van der Waals surface area contributed by atoms with E-state index in [-0.39, 0.29) is 0 Å². The Morgan fingerprint density at radius 2 is 1.66 bits per heavy atom. The zero-order valence-electron chi connectivity index (χ0n) is 17.4. The molecule has 2 saturated carbocycles. The Hall–Kier alpha value is -1.57. The molecule has 3 aliphatic rings. The molecule has 2 aromatic rings. The molecule has 2 fully saturated rings. The van der Waals surface area contributed by atoms with Crippen LogP contribution in [0, 0.1) is 0 Å². The quantitative estimate of drug-likeness (QED) is 0.495. The van der Waals surface area contributed by atoms with E-state index in [1.54, 1.807) is 0 Å². The summed E-state index contributed by atoms with van der Waals surface area (Å²) in [7, 11) is 0. The first-order valence-corrected chi connectivity index (χ1v) is 11.9. The first-order valence-electron chi connectivity index (χ1n) is 11.4. The molecule has 1 heterocycles. The minimum atomic E-state index is 0.371. The van der Waals surface area contributed by atoms with Crippen LogP contribution in [0.25, 0.3) is 5.57 Å². The highest BCUT2D eigenvalue weighted by atomic mass is 35.5. The molecule has 152 valence electrons. The maximum atomic E-state index is 6.41. The molecule has 0 N–H and O–H groups in total. The van der Waals surface area contributed by atoms with Crippen molar-refractivity contribution in [1.82, 2.24) is 4.90 Å². The minimum absolute atomic E-state index is 0.371. The lowest BCUT2D eigenvalue weighted by Crippen LogP contribution is -2.38. The zero-order chi connectivity index (χ0) is 19.8. The number of nitrogens with zero attached hydrogens (tertiary/aromatic N) is 1. The van der Waals surface area contributed by atoms with Crippen LogP contribution in [-0.2, 0) is 0 Å². The molecule has 5 rings (SSSR count). The third kappa shape index (κ3) is 4.18. The van der Waals surface area contributed by atoms with E-state index < -0.39 is 0 Å². The normalized spacial score (nSPS) is 32.6. The molecule has 0 radical (unpaired) electrons. The van der Waals surface area contributed by atoms with Crippen molar-refractivity contribution in [3.8, 4) is 0 Å². The lowest BCUT2D eigenvalue weighted by Gasteiger charge is -2.33. The molecular formula is C27H32ClN. The number of alkyl halides is 1. The second kappa shape index (κ2) is 8.28. The van der Waals surface area contributed by atoms with Gasteiger partial charge in [-0.25, -0.2) is 0 Å². The average molecular weight is 406 g/mol. The molecule has 2 aliphatic carbocycles. The van der Waals surface area contributed by atoms with Crippen LogP contribution >= 0.6 is 11.6 Å². The third-order valence-electron chi connectivity index (χ3n) is 7.40. The van der Waals surface area contributed by atoms with Gasteiger partial charge in [-0.05, 0) is 67.2 Å². The molecule has 29 heavy (non-hydrogen) atoms. The van der Waals surface area contributed by atoms with Gasteiger partial charge < -0.3 is 0 Å². The Labute approximate surface area is 180 Å². The Balaban J connectivity index is 1.22. The van der Waals surface area contributed by atoms with Gasteiger partial charge in [0.1, 0.15) is 0 Å². The highest BCUT2D eigenvalue weighted by Crippen LogP contribution is 2.47. The summed E-state index contributed by atoms with van der Waals surface area (Å²) in [4.78, 5) is 2.73. The Kier molecular flexibility index (Phi) is 5.54. The van der Waals surface area contributed by atoms with Crippen molar-refractivity contribution in [3.63, 3.8) is 0 Å². The van der Waals surface area contributed by atoms with Crippen LogP contribution in [0.4, 0.5) is 0 Å². The lowest BCUT2D eigenvalue weighted by atomic mass is 9.83. The topological polar surface area (TPSA) is 3.24 Å². The molecular weight excluding hydrogens is 374 g/mol. The summed E-state index contributed by atoms with van der Waals surface area (Å²) >= 11 is 6.41. The molecule has 5 atom stereocenters. The van der Waals surface area contributed by atoms with Crippen LogP contribution in [0.1, 0.15) is 74.0 Å². The van der Waals surface area contributed by atoms with Crippen LogP contribution in [0.15, 0.2) is 60.7 Å². The van der Waals surface area contributed by atoms with Crippen molar-refractivity contribution in [2.75, 3.05) is 6.54 Å². The second-order valence-electron chi connectivity index (χ2n) is 9.38. The molecule has 0 bridgehead atoms. The first kappa shape index (κ1) is 19.4. The first-order chi connectivity index (χ1) is 14.2. The number of hydrogen-bond acceptors (Lipinski definition) is 1. The van der Waals surface area contributed by atoms with Gasteiger partial charge in [-0.1, -0.05) is 67.1 Å². The fourth-order valence-corrected chi connectivity index (χ4v) is 5.99. The van der Waals surface area contributed by atoms with Gasteiger partial charge in [-0.15, -0.1) is 11.6 Å². The van der Waals surface area contributed by atoms with Crippen LogP contribution in [-0.4, -0.2) is 28.9 Å². The van der Waals surface area contributed by atoms with E-state index in [0.717, 1.165) is 19.4 Å². The molecule has 0 amide bonds. The summed E-state index contributed by atoms with van der Waals surface area (Å²) < 4.78 is 0. The average Bonchev–Trinajstić information content (AvgIpc) is 3.55. The molecule has 2 aromatic carbocycles. The van der Waals surface area contributed by atoms with Gasteiger partial charge in [-0.2, -0.15) is 0 Å². The van der Waals surface area contributed by atoms with Crippen molar-refractivity contribution >= 4 is 17.2 Å². The predicted octanol–water partition coefficient (Wildman–Crippen LogP) is 6.99. The molecule has 1 aliphatic heterocycles. The van der Waals surface area contributed by atoms with Gasteiger partial charge in [-0.3, -0.25) is 4.90 Å². The number of benzene rings is 2. The Morgan fingerprint density at radius 3 is 2.38 bits per heavy atom. The number of halogens is 1. The van der Waals surface area contributed by atoms with Gasteiger partial charge >= 0.3 is 0 Å². The van der Waals surface area contributed by atoms with E-state index >= 15 is 0 Å². The van der Waals surface area contributed by atoms with Gasteiger partial charge in [0.15, 0.2) is 0 Å². The maximum absolute atomic E-state index is 6.41. The van der Waals surface area contributed by atoms with Crippen molar-refractivity contribution < 1.29 is 0 Å². The lowest BCUT2D eigenvalue weighted by molar-refractivity contribution is 0.212. The monoisotopic (exact) mass is 405 g/mol. The fraction of sp³-hybridized carbons (Fsp3) is 0.481. The highest BCUT2D eigenvalue weighted by Gasteiger charge is 2.44. The van der Waals surface area contributed by atoms with Crippen molar-refractivity contribution in [2.45, 2.75) is 74.7 Å². The summed E-state index contributed by atoms with van der Waals surface area (Å²) in [6.45, 7) is 3.49. The van der Waals surface area contributed by atoms with E-state index in [2.05, 4.69) is 72.5 Å². The summed E-state index contributed by atoms with van der Waals surface area (Å²) in [5.41, 5.74) is 5.94. The molecule has 0 aromatic heterocycles. The fourth-order valence-electron chi connectivity index (χ4n) is 5.62. The van der Waals surface area contributed by atoms with Gasteiger partial charge in [0.25, 0.3) is 0 Å². The minimum Gasteiger partial charge on any atom is -0.293 e. The summed E-state index contributed by atoms with van der Waals surface area (Å²) in [6.07, 6.45) is 9.84. The Bertz CT molecular complexity index is 856. The molecule has 1 nitrogen and oxygen atoms in total. The molecule has 0 spiro atoms. The van der Waals surface area contributed by atoms with E-state index in [4.69, 9.17) is 11.6 Å². The third-order valence-corrected chi connectivity index (χ3v) is 7.80. The summed E-state index contributed by atoms with van der Waals surface area (Å²) in [5, 5.41) is 0.371. The van der Waals surface area contributed by atoms with E-state index in [1.165, 1.54) is 47.9 Å². The molecule has 2 heteroatoms. The van der Waals surface area contributed by atoms with Crippen molar-refractivity contribution in [2.24, 2.45) is 0 Å². The van der Waals surface area contributed by atoms with Crippen LogP contribution in [0.3, 0.4) is 0 Å². The smallest absolute Gasteiger partial charge is 0.0341 e. The molecule has 5 unspecified atom stereocenters. The van der Waals surface area contributed by atoms with Gasteiger partial charge in [0, 0.05) is 29.9 Å². The van der Waals surface area contributed by atoms with Crippen molar-refractivity contribution in [3.05, 3.63) is 77.4 Å². The predicted molar refractivity (Wildman–Crippen MR) is 124 cm³/mol. The van der Waals surface area contributed by atoms with E-state index in [1.807, 2.05) is 0 Å². The van der Waals surface area contributed by atoms with Crippen molar-refractivity contribution in [1.29, 1.82) is 0 Å². The van der Waals surface area contributed by atoms with Gasteiger partial charge in [0.05, 0.1) is 0 Å². The van der Waals surface area contributed by atoms with Crippen LogP contribution < -0.4 is 0 Å². The second-order valence-corrected chi connectivity index (χ2v) is 10.00. The SMILES string of the molecule is CC1CC(c2ccccc2)=CCN1C1CC1c1ccc(C2CCCC(Cl)C2)cc1. The van der Waals surface area contributed by atoms with Gasteiger partial charge in [0.2, 0.25) is 0 Å².